The van der Waals surface area contributed by atoms with E-state index in [4.69, 9.17) is 0 Å². The zero-order chi connectivity index (χ0) is 25.1. The molecule has 0 saturated carbocycles. The lowest BCUT2D eigenvalue weighted by molar-refractivity contribution is -0.384. The van der Waals surface area contributed by atoms with Crippen LogP contribution in [0.4, 0.5) is 11.4 Å². The summed E-state index contributed by atoms with van der Waals surface area (Å²) < 4.78 is 0. The van der Waals surface area contributed by atoms with Crippen molar-refractivity contribution in [1.29, 1.82) is 0 Å². The zero-order valence-electron chi connectivity index (χ0n) is 19.3. The number of ketones is 1. The molecule has 3 aromatic rings. The predicted molar refractivity (Wildman–Crippen MR) is 132 cm³/mol. The second-order valence-electron chi connectivity index (χ2n) is 9.30. The third kappa shape index (κ3) is 3.04. The first-order chi connectivity index (χ1) is 17.4. The molecule has 0 radical (unpaired) electrons. The van der Waals surface area contributed by atoms with Crippen LogP contribution in [0.1, 0.15) is 33.1 Å². The van der Waals surface area contributed by atoms with Gasteiger partial charge < -0.3 is 4.90 Å². The number of carbonyl (C=O) groups excluding carboxylic acids is 3. The lowest BCUT2D eigenvalue weighted by Crippen LogP contribution is -2.44. The van der Waals surface area contributed by atoms with Gasteiger partial charge in [-0.1, -0.05) is 60.7 Å². The Labute approximate surface area is 206 Å². The average Bonchev–Trinajstić information content (AvgIpc) is 3.37. The molecule has 36 heavy (non-hydrogen) atoms. The van der Waals surface area contributed by atoms with E-state index in [1.54, 1.807) is 37.4 Å². The van der Waals surface area contributed by atoms with E-state index in [9.17, 15) is 24.5 Å². The lowest BCUT2D eigenvalue weighted by Gasteiger charge is -2.35. The molecule has 8 nitrogen and oxygen atoms in total. The van der Waals surface area contributed by atoms with Crippen LogP contribution >= 0.6 is 0 Å². The number of anilines is 1. The van der Waals surface area contributed by atoms with Crippen molar-refractivity contribution in [3.05, 3.63) is 111 Å². The minimum Gasteiger partial charge on any atom is -0.358 e. The number of nitro groups is 1. The van der Waals surface area contributed by atoms with Crippen molar-refractivity contribution in [2.75, 3.05) is 4.90 Å². The van der Waals surface area contributed by atoms with Crippen molar-refractivity contribution in [3.63, 3.8) is 0 Å². The maximum Gasteiger partial charge on any atom is 0.271 e. The van der Waals surface area contributed by atoms with Gasteiger partial charge in [-0.3, -0.25) is 24.5 Å². The fourth-order valence-electron chi connectivity index (χ4n) is 5.82. The highest BCUT2D eigenvalue weighted by Crippen LogP contribution is 2.54. The molecule has 178 valence electrons. The summed E-state index contributed by atoms with van der Waals surface area (Å²) in [5, 5.41) is 11.4. The Balaban J connectivity index is 1.51. The van der Waals surface area contributed by atoms with E-state index >= 15 is 0 Å². The van der Waals surface area contributed by atoms with E-state index in [-0.39, 0.29) is 17.2 Å². The molecule has 0 aromatic heterocycles. The largest absolute Gasteiger partial charge is 0.358 e. The smallest absolute Gasteiger partial charge is 0.271 e. The topological polar surface area (TPSA) is 101 Å². The summed E-state index contributed by atoms with van der Waals surface area (Å²) in [6.45, 7) is 1.70. The summed E-state index contributed by atoms with van der Waals surface area (Å²) in [5.74, 6) is -2.93. The average molecular weight is 479 g/mol. The number of benzene rings is 3. The molecule has 0 bridgehead atoms. The molecule has 3 aliphatic heterocycles. The van der Waals surface area contributed by atoms with Crippen LogP contribution in [0, 0.1) is 28.9 Å². The lowest BCUT2D eigenvalue weighted by atomic mass is 9.83. The molecule has 6 rings (SSSR count). The molecule has 3 heterocycles. The standard InChI is InChI=1S/C28H21N3O5/c1-16-11-12-19(31(35)36)15-21(16)30-27(33)22-23(28(30)34)25(26(32)18-8-3-2-4-9-18)29-14-13-17-7-5-6-10-20(17)24(22)29/h2-15,22-25H,1H3/t22-,23+,24+,25+/m0/s1. The molecule has 0 aliphatic carbocycles. The monoisotopic (exact) mass is 479 g/mol. The maximum atomic E-state index is 14.0. The Hall–Kier alpha value is -4.59. The van der Waals surface area contributed by atoms with Gasteiger partial charge in [0.15, 0.2) is 5.78 Å². The number of Topliss-reactive ketones (excluding diaryl/α,β-unsaturated/α-hetero) is 1. The van der Waals surface area contributed by atoms with Crippen molar-refractivity contribution >= 4 is 35.0 Å². The van der Waals surface area contributed by atoms with Gasteiger partial charge in [-0.2, -0.15) is 0 Å². The van der Waals surface area contributed by atoms with E-state index in [0.29, 0.717) is 11.1 Å². The Morgan fingerprint density at radius 3 is 2.36 bits per heavy atom. The van der Waals surface area contributed by atoms with Gasteiger partial charge >= 0.3 is 0 Å². The number of hydrogen-bond acceptors (Lipinski definition) is 6. The maximum absolute atomic E-state index is 14.0. The molecule has 2 fully saturated rings. The molecule has 0 N–H and O–H groups in total. The second-order valence-corrected chi connectivity index (χ2v) is 9.30. The number of nitrogens with zero attached hydrogens (tertiary/aromatic N) is 3. The summed E-state index contributed by atoms with van der Waals surface area (Å²) in [7, 11) is 0. The van der Waals surface area contributed by atoms with Crippen molar-refractivity contribution < 1.29 is 19.3 Å². The van der Waals surface area contributed by atoms with Crippen molar-refractivity contribution in [2.45, 2.75) is 19.0 Å². The first kappa shape index (κ1) is 21.9. The molecule has 2 amide bonds. The number of nitro benzene ring substituents is 1. The van der Waals surface area contributed by atoms with Gasteiger partial charge in [-0.05, 0) is 29.7 Å². The molecule has 8 heteroatoms. The van der Waals surface area contributed by atoms with E-state index in [1.165, 1.54) is 18.2 Å². The zero-order valence-corrected chi connectivity index (χ0v) is 19.3. The molecular weight excluding hydrogens is 458 g/mol. The molecule has 4 atom stereocenters. The minimum atomic E-state index is -0.926. The van der Waals surface area contributed by atoms with Crippen molar-refractivity contribution in [2.24, 2.45) is 11.8 Å². The normalized spacial score (nSPS) is 23.9. The minimum absolute atomic E-state index is 0.186. The number of hydrogen-bond donors (Lipinski definition) is 0. The summed E-state index contributed by atoms with van der Waals surface area (Å²) >= 11 is 0. The fraction of sp³-hybridized carbons (Fsp3) is 0.179. The van der Waals surface area contributed by atoms with Gasteiger partial charge in [-0.25, -0.2) is 4.90 Å². The number of non-ortho nitro benzene ring substituents is 1. The summed E-state index contributed by atoms with van der Waals surface area (Å²) in [4.78, 5) is 55.5. The van der Waals surface area contributed by atoms with Crippen LogP contribution in [0.2, 0.25) is 0 Å². The Bertz CT molecular complexity index is 1480. The molecule has 2 saturated heterocycles. The van der Waals surface area contributed by atoms with Crippen LogP contribution in [0.15, 0.2) is 79.0 Å². The van der Waals surface area contributed by atoms with Crippen molar-refractivity contribution in [3.8, 4) is 0 Å². The van der Waals surface area contributed by atoms with Gasteiger partial charge in [0, 0.05) is 23.9 Å². The summed E-state index contributed by atoms with van der Waals surface area (Å²) in [6.07, 6.45) is 3.70. The Morgan fingerprint density at radius 1 is 0.917 bits per heavy atom. The Kier molecular flexibility index (Phi) is 4.86. The van der Waals surface area contributed by atoms with Crippen LogP contribution in [0.5, 0.6) is 0 Å². The van der Waals surface area contributed by atoms with Gasteiger partial charge in [0.1, 0.15) is 6.04 Å². The number of amides is 2. The van der Waals surface area contributed by atoms with Gasteiger partial charge in [0.2, 0.25) is 11.8 Å². The number of fused-ring (bicyclic) bond motifs is 5. The molecule has 0 spiro atoms. The van der Waals surface area contributed by atoms with Gasteiger partial charge in [-0.15, -0.1) is 0 Å². The van der Waals surface area contributed by atoms with Gasteiger partial charge in [0.05, 0.1) is 28.5 Å². The third-order valence-corrected chi connectivity index (χ3v) is 7.43. The van der Waals surface area contributed by atoms with E-state index < -0.39 is 40.7 Å². The third-order valence-electron chi connectivity index (χ3n) is 7.43. The van der Waals surface area contributed by atoms with E-state index in [2.05, 4.69) is 0 Å². The summed E-state index contributed by atoms with van der Waals surface area (Å²) in [6, 6.07) is 19.1. The van der Waals surface area contributed by atoms with Crippen LogP contribution in [0.3, 0.4) is 0 Å². The highest BCUT2D eigenvalue weighted by Gasteiger charge is 2.64. The summed E-state index contributed by atoms with van der Waals surface area (Å²) in [5.41, 5.74) is 2.80. The number of carbonyl (C=O) groups is 3. The van der Waals surface area contributed by atoms with Crippen LogP contribution in [0.25, 0.3) is 6.08 Å². The quantitative estimate of drug-likeness (QED) is 0.239. The highest BCUT2D eigenvalue weighted by molar-refractivity contribution is 6.25. The molecule has 0 unspecified atom stereocenters. The number of rotatable bonds is 4. The van der Waals surface area contributed by atoms with Gasteiger partial charge in [0.25, 0.3) is 5.69 Å². The second kappa shape index (κ2) is 7.98. The Morgan fingerprint density at radius 2 is 1.61 bits per heavy atom. The highest BCUT2D eigenvalue weighted by atomic mass is 16.6. The van der Waals surface area contributed by atoms with E-state index in [1.807, 2.05) is 41.3 Å². The number of aryl methyl sites for hydroxylation is 1. The molecule has 3 aromatic carbocycles. The molecule has 3 aliphatic rings. The van der Waals surface area contributed by atoms with Crippen LogP contribution in [-0.2, 0) is 9.59 Å². The van der Waals surface area contributed by atoms with Crippen LogP contribution in [-0.4, -0.2) is 33.5 Å². The first-order valence-corrected chi connectivity index (χ1v) is 11.6. The first-order valence-electron chi connectivity index (χ1n) is 11.6. The SMILES string of the molecule is Cc1ccc([N+](=O)[O-])cc1N1C(=O)[C@@H]2[C@H](C1=O)[C@H]1c3ccccc3C=CN1[C@H]2C(=O)c1ccccc1. The fourth-order valence-corrected chi connectivity index (χ4v) is 5.82. The van der Waals surface area contributed by atoms with Crippen molar-refractivity contribution in [1.82, 2.24) is 4.90 Å². The van der Waals surface area contributed by atoms with Crippen LogP contribution < -0.4 is 4.90 Å². The predicted octanol–water partition coefficient (Wildman–Crippen LogP) is 4.30. The molecular formula is C28H21N3O5. The number of imide groups is 1. The van der Waals surface area contributed by atoms with E-state index in [0.717, 1.165) is 16.0 Å².